The van der Waals surface area contributed by atoms with Crippen LogP contribution in [0.5, 0.6) is 0 Å². The Morgan fingerprint density at radius 3 is 2.13 bits per heavy atom. The monoisotopic (exact) mass is 220 g/mol. The molecule has 1 rings (SSSR count). The van der Waals surface area contributed by atoms with Crippen LogP contribution in [0.2, 0.25) is 0 Å². The van der Waals surface area contributed by atoms with Gasteiger partial charge in [0.1, 0.15) is 0 Å². The van der Waals surface area contributed by atoms with Crippen molar-refractivity contribution in [2.45, 2.75) is 20.3 Å². The smallest absolute Gasteiger partial charge is 0.251 e. The predicted octanol–water partition coefficient (Wildman–Crippen LogP) is 1.05. The first-order valence-corrected chi connectivity index (χ1v) is 5.30. The maximum atomic E-state index is 12.1. The lowest BCUT2D eigenvalue weighted by atomic mass is 10.1. The van der Waals surface area contributed by atoms with Crippen LogP contribution in [0.25, 0.3) is 0 Å². The number of hydrogen-bond donors (Lipinski definition) is 0. The van der Waals surface area contributed by atoms with Crippen LogP contribution in [-0.2, 0) is 4.79 Å². The van der Waals surface area contributed by atoms with E-state index in [9.17, 15) is 13.6 Å². The van der Waals surface area contributed by atoms with Gasteiger partial charge in [0.15, 0.2) is 0 Å². The van der Waals surface area contributed by atoms with E-state index >= 15 is 0 Å². The van der Waals surface area contributed by atoms with Crippen molar-refractivity contribution in [2.75, 3.05) is 32.7 Å². The lowest BCUT2D eigenvalue weighted by Crippen LogP contribution is -2.50. The van der Waals surface area contributed by atoms with Gasteiger partial charge in [-0.25, -0.2) is 8.78 Å². The van der Waals surface area contributed by atoms with E-state index in [1.54, 1.807) is 9.80 Å². The molecular formula is C10H18F2N2O. The van der Waals surface area contributed by atoms with Gasteiger partial charge < -0.3 is 4.90 Å². The van der Waals surface area contributed by atoms with Gasteiger partial charge in [0.25, 0.3) is 6.43 Å². The van der Waals surface area contributed by atoms with Crippen molar-refractivity contribution in [3.63, 3.8) is 0 Å². The topological polar surface area (TPSA) is 23.6 Å². The van der Waals surface area contributed by atoms with Crippen LogP contribution < -0.4 is 0 Å². The minimum Gasteiger partial charge on any atom is -0.340 e. The van der Waals surface area contributed by atoms with Gasteiger partial charge in [-0.3, -0.25) is 9.69 Å². The molecule has 1 amide bonds. The number of piperazine rings is 1. The van der Waals surface area contributed by atoms with Gasteiger partial charge in [-0.2, -0.15) is 0 Å². The Balaban J connectivity index is 2.32. The lowest BCUT2D eigenvalue weighted by Gasteiger charge is -2.35. The van der Waals surface area contributed by atoms with E-state index in [0.29, 0.717) is 26.2 Å². The zero-order chi connectivity index (χ0) is 11.4. The molecule has 88 valence electrons. The Morgan fingerprint density at radius 1 is 1.20 bits per heavy atom. The molecule has 3 nitrogen and oxygen atoms in total. The molecular weight excluding hydrogens is 202 g/mol. The van der Waals surface area contributed by atoms with Gasteiger partial charge >= 0.3 is 0 Å². The minimum atomic E-state index is -2.28. The van der Waals surface area contributed by atoms with Crippen molar-refractivity contribution < 1.29 is 13.6 Å². The SMILES string of the molecule is CC(C)C(=O)N1CCN(CC(F)F)CC1. The Hall–Kier alpha value is -0.710. The summed E-state index contributed by atoms with van der Waals surface area (Å²) in [7, 11) is 0. The van der Waals surface area contributed by atoms with E-state index in [0.717, 1.165) is 0 Å². The van der Waals surface area contributed by atoms with Crippen molar-refractivity contribution in [1.29, 1.82) is 0 Å². The van der Waals surface area contributed by atoms with Gasteiger partial charge in [-0.05, 0) is 0 Å². The average Bonchev–Trinajstić information content (AvgIpc) is 2.17. The molecule has 0 aliphatic carbocycles. The Labute approximate surface area is 89.0 Å². The van der Waals surface area contributed by atoms with Gasteiger partial charge in [-0.1, -0.05) is 13.8 Å². The van der Waals surface area contributed by atoms with E-state index in [1.807, 2.05) is 13.8 Å². The highest BCUT2D eigenvalue weighted by Crippen LogP contribution is 2.08. The lowest BCUT2D eigenvalue weighted by molar-refractivity contribution is -0.136. The van der Waals surface area contributed by atoms with Crippen LogP contribution in [0.15, 0.2) is 0 Å². The Morgan fingerprint density at radius 2 is 1.73 bits per heavy atom. The van der Waals surface area contributed by atoms with E-state index in [4.69, 9.17) is 0 Å². The second-order valence-corrected chi connectivity index (χ2v) is 4.17. The second kappa shape index (κ2) is 5.39. The van der Waals surface area contributed by atoms with Crippen LogP contribution in [0, 0.1) is 5.92 Å². The standard InChI is InChI=1S/C10H18F2N2O/c1-8(2)10(15)14-5-3-13(4-6-14)7-9(11)12/h8-9H,3-7H2,1-2H3. The fraction of sp³-hybridized carbons (Fsp3) is 0.900. The zero-order valence-electron chi connectivity index (χ0n) is 9.25. The van der Waals surface area contributed by atoms with Crippen LogP contribution in [-0.4, -0.2) is 54.9 Å². The van der Waals surface area contributed by atoms with Crippen LogP contribution in [0.1, 0.15) is 13.8 Å². The third-order valence-corrected chi connectivity index (χ3v) is 2.57. The average molecular weight is 220 g/mol. The highest BCUT2D eigenvalue weighted by Gasteiger charge is 2.23. The summed E-state index contributed by atoms with van der Waals surface area (Å²) in [6, 6.07) is 0. The molecule has 0 unspecified atom stereocenters. The second-order valence-electron chi connectivity index (χ2n) is 4.17. The number of alkyl halides is 2. The molecule has 0 aromatic heterocycles. The molecule has 1 fully saturated rings. The molecule has 15 heavy (non-hydrogen) atoms. The fourth-order valence-electron chi connectivity index (χ4n) is 1.71. The molecule has 0 saturated carbocycles. The molecule has 5 heteroatoms. The van der Waals surface area contributed by atoms with Crippen LogP contribution >= 0.6 is 0 Å². The highest BCUT2D eigenvalue weighted by molar-refractivity contribution is 5.78. The quantitative estimate of drug-likeness (QED) is 0.710. The first kappa shape index (κ1) is 12.4. The summed E-state index contributed by atoms with van der Waals surface area (Å²) in [5.41, 5.74) is 0. The molecule has 0 aromatic carbocycles. The molecule has 1 saturated heterocycles. The number of rotatable bonds is 3. The molecule has 0 atom stereocenters. The summed E-state index contributed by atoms with van der Waals surface area (Å²) in [5.74, 6) is 0.110. The van der Waals surface area contributed by atoms with E-state index in [-0.39, 0.29) is 18.4 Å². The third-order valence-electron chi connectivity index (χ3n) is 2.57. The number of amides is 1. The van der Waals surface area contributed by atoms with Crippen molar-refractivity contribution in [3.8, 4) is 0 Å². The molecule has 1 aliphatic rings. The summed E-state index contributed by atoms with van der Waals surface area (Å²) < 4.78 is 24.2. The minimum absolute atomic E-state index is 0.00773. The van der Waals surface area contributed by atoms with Crippen LogP contribution in [0.4, 0.5) is 8.78 Å². The molecule has 0 N–H and O–H groups in total. The number of carbonyl (C=O) groups excluding carboxylic acids is 1. The highest BCUT2D eigenvalue weighted by atomic mass is 19.3. The molecule has 0 aromatic rings. The van der Waals surface area contributed by atoms with Gasteiger partial charge in [0.2, 0.25) is 5.91 Å². The number of nitrogens with zero attached hydrogens (tertiary/aromatic N) is 2. The molecule has 0 bridgehead atoms. The Kier molecular flexibility index (Phi) is 4.45. The number of halogens is 2. The molecule has 0 spiro atoms. The Bertz CT molecular complexity index is 213. The molecule has 1 heterocycles. The number of carbonyl (C=O) groups is 1. The molecule has 0 radical (unpaired) electrons. The van der Waals surface area contributed by atoms with Gasteiger partial charge in [-0.15, -0.1) is 0 Å². The summed E-state index contributed by atoms with van der Waals surface area (Å²) in [6.07, 6.45) is -2.28. The van der Waals surface area contributed by atoms with Gasteiger partial charge in [0.05, 0.1) is 6.54 Å². The first-order valence-electron chi connectivity index (χ1n) is 5.30. The van der Waals surface area contributed by atoms with Crippen molar-refractivity contribution in [1.82, 2.24) is 9.80 Å². The van der Waals surface area contributed by atoms with E-state index < -0.39 is 6.43 Å². The maximum Gasteiger partial charge on any atom is 0.251 e. The van der Waals surface area contributed by atoms with E-state index in [2.05, 4.69) is 0 Å². The maximum absolute atomic E-state index is 12.1. The fourth-order valence-corrected chi connectivity index (χ4v) is 1.71. The normalized spacial score (nSPS) is 18.9. The first-order chi connectivity index (χ1) is 7.00. The summed E-state index contributed by atoms with van der Waals surface area (Å²) in [5, 5.41) is 0. The largest absolute Gasteiger partial charge is 0.340 e. The van der Waals surface area contributed by atoms with Crippen molar-refractivity contribution in [3.05, 3.63) is 0 Å². The summed E-state index contributed by atoms with van der Waals surface area (Å²) in [6.45, 7) is 5.80. The van der Waals surface area contributed by atoms with Gasteiger partial charge in [0, 0.05) is 32.1 Å². The summed E-state index contributed by atoms with van der Waals surface area (Å²) >= 11 is 0. The van der Waals surface area contributed by atoms with Crippen molar-refractivity contribution in [2.24, 2.45) is 5.92 Å². The van der Waals surface area contributed by atoms with E-state index in [1.165, 1.54) is 0 Å². The summed E-state index contributed by atoms with van der Waals surface area (Å²) in [4.78, 5) is 15.0. The number of hydrogen-bond acceptors (Lipinski definition) is 2. The molecule has 1 aliphatic heterocycles. The predicted molar refractivity (Wildman–Crippen MR) is 53.9 cm³/mol. The van der Waals surface area contributed by atoms with Crippen LogP contribution in [0.3, 0.4) is 0 Å². The third kappa shape index (κ3) is 3.74. The van der Waals surface area contributed by atoms with Crippen molar-refractivity contribution >= 4 is 5.91 Å². The zero-order valence-corrected chi connectivity index (χ0v) is 9.25.